The Morgan fingerprint density at radius 3 is 2.50 bits per heavy atom. The topological polar surface area (TPSA) is 108 Å². The van der Waals surface area contributed by atoms with E-state index in [0.29, 0.717) is 47.3 Å². The fourth-order valence-electron chi connectivity index (χ4n) is 3.44. The van der Waals surface area contributed by atoms with Gasteiger partial charge >= 0.3 is 0 Å². The van der Waals surface area contributed by atoms with Crippen LogP contribution in [-0.2, 0) is 14.6 Å². The van der Waals surface area contributed by atoms with Crippen molar-refractivity contribution >= 4 is 21.4 Å². The van der Waals surface area contributed by atoms with Crippen LogP contribution in [0.5, 0.6) is 11.5 Å². The Bertz CT molecular complexity index is 1280. The number of carbonyl (C=O) groups excluding carboxylic acids is 1. The zero-order valence-corrected chi connectivity index (χ0v) is 18.9. The summed E-state index contributed by atoms with van der Waals surface area (Å²) in [6.07, 6.45) is -0.180. The standard InChI is InChI=1S/C23H24N2O6S/c1-14-4-5-17(23-15(2)16(3)25-31-23)12-21(14)32(27,28)11-8-22(26)24-18-6-7-19-20(13-18)30-10-9-29-19/h4-7,12-13H,8-11H2,1-3H3,(H,24,26). The molecule has 0 unspecified atom stereocenters. The lowest BCUT2D eigenvalue weighted by Crippen LogP contribution is -2.19. The number of amides is 1. The number of aryl methyl sites for hydroxylation is 2. The molecule has 1 aromatic heterocycles. The van der Waals surface area contributed by atoms with Gasteiger partial charge in [-0.3, -0.25) is 4.79 Å². The summed E-state index contributed by atoms with van der Waals surface area (Å²) in [7, 11) is -3.70. The van der Waals surface area contributed by atoms with Gasteiger partial charge in [0.25, 0.3) is 0 Å². The first kappa shape index (κ1) is 21.9. The number of benzene rings is 2. The lowest BCUT2D eigenvalue weighted by Gasteiger charge is -2.19. The maximum atomic E-state index is 13.0. The van der Waals surface area contributed by atoms with Crippen LogP contribution in [0.25, 0.3) is 11.3 Å². The number of hydrogen-bond donors (Lipinski definition) is 1. The summed E-state index contributed by atoms with van der Waals surface area (Å²) in [5, 5.41) is 6.65. The largest absolute Gasteiger partial charge is 0.486 e. The first-order chi connectivity index (χ1) is 15.2. The summed E-state index contributed by atoms with van der Waals surface area (Å²) in [6, 6.07) is 10.2. The van der Waals surface area contributed by atoms with Crippen molar-refractivity contribution < 1.29 is 27.2 Å². The molecular weight excluding hydrogens is 432 g/mol. The van der Waals surface area contributed by atoms with Gasteiger partial charge in [-0.2, -0.15) is 0 Å². The molecule has 4 rings (SSSR count). The van der Waals surface area contributed by atoms with E-state index >= 15 is 0 Å². The second-order valence-corrected chi connectivity index (χ2v) is 9.76. The minimum absolute atomic E-state index is 0.176. The van der Waals surface area contributed by atoms with Crippen LogP contribution in [0.1, 0.15) is 23.2 Å². The van der Waals surface area contributed by atoms with E-state index in [0.717, 1.165) is 11.3 Å². The molecule has 168 valence electrons. The molecule has 2 aromatic carbocycles. The molecule has 0 aliphatic carbocycles. The summed E-state index contributed by atoms with van der Waals surface area (Å²) in [6.45, 7) is 6.34. The van der Waals surface area contributed by atoms with Crippen molar-refractivity contribution in [3.8, 4) is 22.8 Å². The Hall–Kier alpha value is -3.33. The Balaban J connectivity index is 1.47. The molecule has 0 radical (unpaired) electrons. The van der Waals surface area contributed by atoms with Crippen LogP contribution < -0.4 is 14.8 Å². The van der Waals surface area contributed by atoms with Crippen molar-refractivity contribution in [2.45, 2.75) is 32.1 Å². The Morgan fingerprint density at radius 1 is 1.03 bits per heavy atom. The predicted molar refractivity (Wildman–Crippen MR) is 119 cm³/mol. The molecule has 0 atom stereocenters. The molecule has 0 fully saturated rings. The van der Waals surface area contributed by atoms with Crippen LogP contribution in [0.3, 0.4) is 0 Å². The van der Waals surface area contributed by atoms with Crippen molar-refractivity contribution in [1.29, 1.82) is 0 Å². The van der Waals surface area contributed by atoms with Crippen LogP contribution in [0.15, 0.2) is 45.8 Å². The van der Waals surface area contributed by atoms with Gasteiger partial charge in [-0.1, -0.05) is 17.3 Å². The summed E-state index contributed by atoms with van der Waals surface area (Å²) in [5.41, 5.74) is 3.37. The van der Waals surface area contributed by atoms with Crippen LogP contribution in [0.2, 0.25) is 0 Å². The molecule has 9 heteroatoms. The predicted octanol–water partition coefficient (Wildman–Crippen LogP) is 3.84. The van der Waals surface area contributed by atoms with Crippen molar-refractivity contribution in [2.24, 2.45) is 0 Å². The number of nitrogens with zero attached hydrogens (tertiary/aromatic N) is 1. The Kier molecular flexibility index (Phi) is 5.92. The average Bonchev–Trinajstić information content (AvgIpc) is 3.11. The highest BCUT2D eigenvalue weighted by atomic mass is 32.2. The van der Waals surface area contributed by atoms with Crippen LogP contribution in [-0.4, -0.2) is 38.4 Å². The van der Waals surface area contributed by atoms with Crippen LogP contribution in [0, 0.1) is 20.8 Å². The number of anilines is 1. The van der Waals surface area contributed by atoms with Crippen molar-refractivity contribution in [1.82, 2.24) is 5.16 Å². The van der Waals surface area contributed by atoms with E-state index in [4.69, 9.17) is 14.0 Å². The molecule has 1 aliphatic heterocycles. The first-order valence-electron chi connectivity index (χ1n) is 10.2. The van der Waals surface area contributed by atoms with Gasteiger partial charge in [0.1, 0.15) is 13.2 Å². The first-order valence-corrected chi connectivity index (χ1v) is 11.9. The minimum Gasteiger partial charge on any atom is -0.486 e. The van der Waals surface area contributed by atoms with Gasteiger partial charge in [0.2, 0.25) is 5.91 Å². The summed E-state index contributed by atoms with van der Waals surface area (Å²) in [4.78, 5) is 12.6. The highest BCUT2D eigenvalue weighted by molar-refractivity contribution is 7.91. The summed E-state index contributed by atoms with van der Waals surface area (Å²) >= 11 is 0. The molecule has 1 N–H and O–H groups in total. The van der Waals surface area contributed by atoms with E-state index in [1.54, 1.807) is 43.3 Å². The number of carbonyl (C=O) groups is 1. The van der Waals surface area contributed by atoms with Gasteiger partial charge in [0.15, 0.2) is 27.1 Å². The third-order valence-corrected chi connectivity index (χ3v) is 7.22. The van der Waals surface area contributed by atoms with Gasteiger partial charge in [0, 0.05) is 29.3 Å². The quantitative estimate of drug-likeness (QED) is 0.600. The highest BCUT2D eigenvalue weighted by Gasteiger charge is 2.22. The molecule has 32 heavy (non-hydrogen) atoms. The average molecular weight is 457 g/mol. The van der Waals surface area contributed by atoms with Gasteiger partial charge < -0.3 is 19.3 Å². The summed E-state index contributed by atoms with van der Waals surface area (Å²) < 4.78 is 42.4. The number of rotatable bonds is 6. The van der Waals surface area contributed by atoms with E-state index in [2.05, 4.69) is 10.5 Å². The molecule has 8 nitrogen and oxygen atoms in total. The maximum absolute atomic E-state index is 13.0. The lowest BCUT2D eigenvalue weighted by atomic mass is 10.1. The molecule has 3 aromatic rings. The van der Waals surface area contributed by atoms with Crippen molar-refractivity contribution in [3.63, 3.8) is 0 Å². The number of sulfone groups is 1. The molecule has 0 saturated heterocycles. The zero-order chi connectivity index (χ0) is 22.9. The van der Waals surface area contributed by atoms with E-state index in [1.807, 2.05) is 13.8 Å². The lowest BCUT2D eigenvalue weighted by molar-refractivity contribution is -0.115. The van der Waals surface area contributed by atoms with E-state index in [1.165, 1.54) is 0 Å². The van der Waals surface area contributed by atoms with E-state index in [9.17, 15) is 13.2 Å². The fourth-order valence-corrected chi connectivity index (χ4v) is 4.98. The molecule has 2 heterocycles. The molecule has 0 saturated carbocycles. The molecular formula is C23H24N2O6S. The van der Waals surface area contributed by atoms with Gasteiger partial charge in [-0.15, -0.1) is 0 Å². The highest BCUT2D eigenvalue weighted by Crippen LogP contribution is 2.33. The number of aromatic nitrogens is 1. The third-order valence-electron chi connectivity index (χ3n) is 5.37. The summed E-state index contributed by atoms with van der Waals surface area (Å²) in [5.74, 6) is 0.981. The Morgan fingerprint density at radius 2 is 1.78 bits per heavy atom. The van der Waals surface area contributed by atoms with Gasteiger partial charge in [0.05, 0.1) is 16.3 Å². The normalized spacial score (nSPS) is 13.1. The van der Waals surface area contributed by atoms with Gasteiger partial charge in [-0.05, 0) is 44.5 Å². The zero-order valence-electron chi connectivity index (χ0n) is 18.1. The smallest absolute Gasteiger partial charge is 0.225 e. The maximum Gasteiger partial charge on any atom is 0.225 e. The van der Waals surface area contributed by atoms with Gasteiger partial charge in [-0.25, -0.2) is 8.42 Å². The van der Waals surface area contributed by atoms with Crippen molar-refractivity contribution in [2.75, 3.05) is 24.3 Å². The third kappa shape index (κ3) is 4.47. The number of nitrogens with one attached hydrogen (secondary N) is 1. The molecule has 1 aliphatic rings. The second-order valence-electron chi connectivity index (χ2n) is 7.68. The van der Waals surface area contributed by atoms with Crippen molar-refractivity contribution in [3.05, 3.63) is 53.2 Å². The SMILES string of the molecule is Cc1ccc(-c2onc(C)c2C)cc1S(=O)(=O)CCC(=O)Nc1ccc2c(c1)OCCO2. The second kappa shape index (κ2) is 8.66. The fraction of sp³-hybridized carbons (Fsp3) is 0.304. The van der Waals surface area contributed by atoms with Crippen LogP contribution >= 0.6 is 0 Å². The molecule has 0 bridgehead atoms. The van der Waals surface area contributed by atoms with Crippen LogP contribution in [0.4, 0.5) is 5.69 Å². The molecule has 1 amide bonds. The monoisotopic (exact) mass is 456 g/mol. The Labute approximate surface area is 186 Å². The number of fused-ring (bicyclic) bond motifs is 1. The number of ether oxygens (including phenoxy) is 2. The minimum atomic E-state index is -3.70. The van der Waals surface area contributed by atoms with E-state index in [-0.39, 0.29) is 17.1 Å². The molecule has 0 spiro atoms. The number of hydrogen-bond acceptors (Lipinski definition) is 7. The van der Waals surface area contributed by atoms with E-state index < -0.39 is 15.7 Å².